The molecule has 0 bridgehead atoms. The van der Waals surface area contributed by atoms with Crippen LogP contribution in [0.5, 0.6) is 34.5 Å². The van der Waals surface area contributed by atoms with E-state index in [2.05, 4.69) is 10.5 Å². The van der Waals surface area contributed by atoms with Crippen LogP contribution in [0.2, 0.25) is 0 Å². The lowest BCUT2D eigenvalue weighted by Crippen LogP contribution is -2.23. The fraction of sp³-hybridized carbons (Fsp3) is 0.409. The van der Waals surface area contributed by atoms with Gasteiger partial charge < -0.3 is 38.6 Å². The minimum absolute atomic E-state index is 0. The lowest BCUT2D eigenvalue weighted by atomic mass is 10.0. The molecule has 10 heteroatoms. The topological polar surface area (TPSA) is 89.0 Å². The number of fused-ring (bicyclic) bond motifs is 2. The molecule has 0 radical (unpaired) electrons. The second-order valence-electron chi connectivity index (χ2n) is 7.42. The Morgan fingerprint density at radius 3 is 2.62 bits per heavy atom. The molecule has 3 aliphatic rings. The van der Waals surface area contributed by atoms with E-state index in [0.29, 0.717) is 42.5 Å². The summed E-state index contributed by atoms with van der Waals surface area (Å²) < 4.78 is 32.9. The van der Waals surface area contributed by atoms with E-state index < -0.39 is 0 Å². The Bertz CT molecular complexity index is 1010. The van der Waals surface area contributed by atoms with E-state index in [9.17, 15) is 0 Å². The molecule has 3 heterocycles. The molecule has 1 unspecified atom stereocenters. The number of oxime groups is 1. The predicted octanol–water partition coefficient (Wildman–Crippen LogP) is 3.06. The maximum absolute atomic E-state index is 5.67. The summed E-state index contributed by atoms with van der Waals surface area (Å²) in [5.41, 5.74) is 3.02. The molecular weight excluding hydrogens is 440 g/mol. The Hall–Kier alpha value is -3.04. The number of nitrogens with one attached hydrogen (secondary N) is 1. The first-order valence-electron chi connectivity index (χ1n) is 10.1. The van der Waals surface area contributed by atoms with Crippen molar-refractivity contribution in [3.05, 3.63) is 35.4 Å². The highest BCUT2D eigenvalue weighted by Gasteiger charge is 2.30. The first kappa shape index (κ1) is 22.2. The monoisotopic (exact) mass is 464 g/mol. The van der Waals surface area contributed by atoms with Crippen molar-refractivity contribution in [2.45, 2.75) is 25.5 Å². The summed E-state index contributed by atoms with van der Waals surface area (Å²) in [6, 6.07) is 7.85. The average molecular weight is 465 g/mol. The lowest BCUT2D eigenvalue weighted by molar-refractivity contribution is 0.0853. The Labute approximate surface area is 191 Å². The molecule has 0 saturated carbocycles. The summed E-state index contributed by atoms with van der Waals surface area (Å²) in [6.07, 6.45) is 1.26. The van der Waals surface area contributed by atoms with Gasteiger partial charge in [-0.2, -0.15) is 0 Å². The summed E-state index contributed by atoms with van der Waals surface area (Å²) in [4.78, 5) is 5.67. The summed E-state index contributed by atoms with van der Waals surface area (Å²) in [5.74, 6) is 3.98. The van der Waals surface area contributed by atoms with Crippen LogP contribution in [0, 0.1) is 0 Å². The van der Waals surface area contributed by atoms with Gasteiger partial charge >= 0.3 is 0 Å². The van der Waals surface area contributed by atoms with Crippen LogP contribution >= 0.6 is 12.4 Å². The van der Waals surface area contributed by atoms with Crippen LogP contribution in [0.3, 0.4) is 0 Å². The molecule has 1 N–H and O–H groups in total. The molecule has 9 nitrogen and oxygen atoms in total. The molecule has 32 heavy (non-hydrogen) atoms. The molecule has 0 fully saturated rings. The summed E-state index contributed by atoms with van der Waals surface area (Å²) in [6.45, 7) is 1.77. The molecule has 5 rings (SSSR count). The quantitative estimate of drug-likeness (QED) is 0.637. The van der Waals surface area contributed by atoms with Crippen molar-refractivity contribution in [3.63, 3.8) is 0 Å². The van der Waals surface area contributed by atoms with Crippen LogP contribution in [-0.4, -0.2) is 46.2 Å². The van der Waals surface area contributed by atoms with Gasteiger partial charge in [0.25, 0.3) is 0 Å². The SMILES string of the molecule is COc1cc(CC2CC(CNCc3ccc4c(c3)OCO4)=NO2)c(OC)c2c1OCO2.Cl. The molecule has 172 valence electrons. The van der Waals surface area contributed by atoms with Crippen LogP contribution in [0.15, 0.2) is 29.4 Å². The highest BCUT2D eigenvalue weighted by Crippen LogP contribution is 2.50. The number of rotatable bonds is 8. The standard InChI is InChI=1S/C22H24N2O7.ClH/c1-25-19-7-14(20(26-2)22-21(19)29-12-30-22)6-16-8-15(24-31-16)10-23-9-13-3-4-17-18(5-13)28-11-27-17;/h3-5,7,16,23H,6,8-12H2,1-2H3;1H. The average Bonchev–Trinajstić information content (AvgIpc) is 3.54. The van der Waals surface area contributed by atoms with E-state index in [0.717, 1.165) is 34.8 Å². The third-order valence-electron chi connectivity index (χ3n) is 5.40. The number of nitrogens with zero attached hydrogens (tertiary/aromatic N) is 1. The largest absolute Gasteiger partial charge is 0.493 e. The van der Waals surface area contributed by atoms with Gasteiger partial charge in [0.05, 0.1) is 19.9 Å². The third kappa shape index (κ3) is 4.31. The van der Waals surface area contributed by atoms with E-state index >= 15 is 0 Å². The molecule has 0 saturated heterocycles. The fourth-order valence-corrected chi connectivity index (χ4v) is 3.94. The van der Waals surface area contributed by atoms with Gasteiger partial charge in [-0.05, 0) is 23.8 Å². The second kappa shape index (κ2) is 9.62. The van der Waals surface area contributed by atoms with Gasteiger partial charge in [0, 0.05) is 31.5 Å². The Morgan fingerprint density at radius 2 is 1.78 bits per heavy atom. The van der Waals surface area contributed by atoms with Crippen LogP contribution in [0.25, 0.3) is 0 Å². The van der Waals surface area contributed by atoms with E-state index in [1.165, 1.54) is 0 Å². The molecule has 3 aliphatic heterocycles. The molecule has 0 spiro atoms. The van der Waals surface area contributed by atoms with Gasteiger partial charge in [-0.1, -0.05) is 11.2 Å². The fourth-order valence-electron chi connectivity index (χ4n) is 3.94. The normalized spacial score (nSPS) is 17.4. The highest BCUT2D eigenvalue weighted by molar-refractivity contribution is 5.87. The molecule has 0 amide bonds. The molecule has 2 aromatic rings. The van der Waals surface area contributed by atoms with Crippen LogP contribution in [0.1, 0.15) is 17.5 Å². The zero-order valence-electron chi connectivity index (χ0n) is 17.8. The van der Waals surface area contributed by atoms with Crippen molar-refractivity contribution in [1.29, 1.82) is 0 Å². The van der Waals surface area contributed by atoms with Gasteiger partial charge in [0.15, 0.2) is 23.0 Å². The minimum atomic E-state index is -0.0821. The Balaban J connectivity index is 0.00000245. The van der Waals surface area contributed by atoms with Crippen LogP contribution in [0.4, 0.5) is 0 Å². The number of methoxy groups -OCH3 is 2. The summed E-state index contributed by atoms with van der Waals surface area (Å²) in [5, 5.41) is 7.66. The lowest BCUT2D eigenvalue weighted by Gasteiger charge is -2.15. The van der Waals surface area contributed by atoms with Gasteiger partial charge in [-0.3, -0.25) is 0 Å². The smallest absolute Gasteiger partial charge is 0.231 e. The van der Waals surface area contributed by atoms with Crippen LogP contribution in [-0.2, 0) is 17.8 Å². The predicted molar refractivity (Wildman–Crippen MR) is 118 cm³/mol. The maximum atomic E-state index is 5.67. The third-order valence-corrected chi connectivity index (χ3v) is 5.40. The van der Waals surface area contributed by atoms with Crippen LogP contribution < -0.4 is 33.7 Å². The Kier molecular flexibility index (Phi) is 6.66. The van der Waals surface area contributed by atoms with Gasteiger partial charge in [0.2, 0.25) is 25.1 Å². The van der Waals surface area contributed by atoms with Crippen molar-refractivity contribution < 1.29 is 33.3 Å². The number of halogens is 1. The first-order valence-corrected chi connectivity index (χ1v) is 10.1. The molecule has 0 aliphatic carbocycles. The minimum Gasteiger partial charge on any atom is -0.493 e. The molecule has 0 aromatic heterocycles. The molecule has 2 aromatic carbocycles. The zero-order valence-corrected chi connectivity index (χ0v) is 18.7. The Morgan fingerprint density at radius 1 is 0.969 bits per heavy atom. The number of hydrogen-bond acceptors (Lipinski definition) is 9. The van der Waals surface area contributed by atoms with E-state index in [1.807, 2.05) is 24.3 Å². The number of benzene rings is 2. The number of hydrogen-bond donors (Lipinski definition) is 1. The summed E-state index contributed by atoms with van der Waals surface area (Å²) in [7, 11) is 3.22. The first-order chi connectivity index (χ1) is 15.2. The molecule has 1 atom stereocenters. The number of ether oxygens (including phenoxy) is 6. The summed E-state index contributed by atoms with van der Waals surface area (Å²) >= 11 is 0. The van der Waals surface area contributed by atoms with E-state index in [4.69, 9.17) is 33.3 Å². The zero-order chi connectivity index (χ0) is 21.2. The van der Waals surface area contributed by atoms with Gasteiger partial charge in [-0.25, -0.2) is 0 Å². The van der Waals surface area contributed by atoms with E-state index in [-0.39, 0.29) is 32.1 Å². The highest BCUT2D eigenvalue weighted by atomic mass is 35.5. The maximum Gasteiger partial charge on any atom is 0.231 e. The molecular formula is C22H25ClN2O7. The van der Waals surface area contributed by atoms with Crippen molar-refractivity contribution >= 4 is 18.1 Å². The van der Waals surface area contributed by atoms with Crippen molar-refractivity contribution in [2.24, 2.45) is 5.16 Å². The van der Waals surface area contributed by atoms with E-state index in [1.54, 1.807) is 14.2 Å². The van der Waals surface area contributed by atoms with Crippen molar-refractivity contribution in [3.8, 4) is 34.5 Å². The van der Waals surface area contributed by atoms with Crippen molar-refractivity contribution in [1.82, 2.24) is 5.32 Å². The van der Waals surface area contributed by atoms with Crippen molar-refractivity contribution in [2.75, 3.05) is 34.4 Å². The second-order valence-corrected chi connectivity index (χ2v) is 7.42. The van der Waals surface area contributed by atoms with Gasteiger partial charge in [-0.15, -0.1) is 12.4 Å². The van der Waals surface area contributed by atoms with Gasteiger partial charge in [0.1, 0.15) is 6.10 Å².